The Morgan fingerprint density at radius 2 is 2.00 bits per heavy atom. The molecular formula is C14H30N2O. The fourth-order valence-electron chi connectivity index (χ4n) is 2.31. The molecule has 1 aliphatic heterocycles. The third kappa shape index (κ3) is 7.02. The summed E-state index contributed by atoms with van der Waals surface area (Å²) in [4.78, 5) is 2.49. The molecular weight excluding hydrogens is 212 g/mol. The van der Waals surface area contributed by atoms with Gasteiger partial charge in [-0.05, 0) is 18.9 Å². The van der Waals surface area contributed by atoms with Crippen molar-refractivity contribution < 1.29 is 4.74 Å². The smallest absolute Gasteiger partial charge is 0.0594 e. The van der Waals surface area contributed by atoms with Gasteiger partial charge in [-0.15, -0.1) is 0 Å². The van der Waals surface area contributed by atoms with Crippen LogP contribution in [-0.4, -0.2) is 50.8 Å². The quantitative estimate of drug-likeness (QED) is 0.627. The lowest BCUT2D eigenvalue weighted by Gasteiger charge is -2.26. The van der Waals surface area contributed by atoms with Crippen molar-refractivity contribution in [2.24, 2.45) is 5.92 Å². The summed E-state index contributed by atoms with van der Waals surface area (Å²) in [5.74, 6) is 0.875. The van der Waals surface area contributed by atoms with Crippen LogP contribution in [0.3, 0.4) is 0 Å². The van der Waals surface area contributed by atoms with Gasteiger partial charge in [0.15, 0.2) is 0 Å². The summed E-state index contributed by atoms with van der Waals surface area (Å²) in [5.41, 5.74) is 0. The average Bonchev–Trinajstić information content (AvgIpc) is 2.39. The van der Waals surface area contributed by atoms with Crippen molar-refractivity contribution in [2.45, 2.75) is 39.5 Å². The number of ether oxygens (including phenoxy) is 1. The van der Waals surface area contributed by atoms with E-state index in [0.29, 0.717) is 0 Å². The normalized spacial score (nSPS) is 19.4. The number of nitrogens with one attached hydrogen (secondary N) is 1. The molecule has 1 atom stereocenters. The van der Waals surface area contributed by atoms with Crippen LogP contribution in [0.25, 0.3) is 0 Å². The molecule has 17 heavy (non-hydrogen) atoms. The second-order valence-corrected chi connectivity index (χ2v) is 5.07. The topological polar surface area (TPSA) is 24.5 Å². The molecule has 0 saturated carbocycles. The first-order chi connectivity index (χ1) is 8.36. The van der Waals surface area contributed by atoms with Crippen LogP contribution in [0.15, 0.2) is 0 Å². The van der Waals surface area contributed by atoms with Gasteiger partial charge >= 0.3 is 0 Å². The maximum Gasteiger partial charge on any atom is 0.0594 e. The molecule has 0 radical (unpaired) electrons. The largest absolute Gasteiger partial charge is 0.379 e. The minimum atomic E-state index is 0.875. The van der Waals surface area contributed by atoms with E-state index in [0.717, 1.165) is 38.8 Å². The predicted molar refractivity (Wildman–Crippen MR) is 73.4 cm³/mol. The van der Waals surface area contributed by atoms with Gasteiger partial charge in [0, 0.05) is 26.2 Å². The van der Waals surface area contributed by atoms with Crippen LogP contribution < -0.4 is 5.32 Å². The molecule has 102 valence electrons. The van der Waals surface area contributed by atoms with Gasteiger partial charge in [0.2, 0.25) is 0 Å². The van der Waals surface area contributed by atoms with E-state index >= 15 is 0 Å². The van der Waals surface area contributed by atoms with Gasteiger partial charge in [0.1, 0.15) is 0 Å². The van der Waals surface area contributed by atoms with Gasteiger partial charge in [-0.2, -0.15) is 0 Å². The van der Waals surface area contributed by atoms with Gasteiger partial charge in [-0.25, -0.2) is 0 Å². The lowest BCUT2D eigenvalue weighted by Crippen LogP contribution is -2.40. The highest BCUT2D eigenvalue weighted by Crippen LogP contribution is 2.10. The fourth-order valence-corrected chi connectivity index (χ4v) is 2.31. The minimum Gasteiger partial charge on any atom is -0.379 e. The molecule has 3 nitrogen and oxygen atoms in total. The Morgan fingerprint density at radius 3 is 2.65 bits per heavy atom. The molecule has 0 aromatic carbocycles. The van der Waals surface area contributed by atoms with Crippen LogP contribution in [0.2, 0.25) is 0 Å². The van der Waals surface area contributed by atoms with Crippen molar-refractivity contribution in [1.29, 1.82) is 0 Å². The first kappa shape index (κ1) is 14.9. The lowest BCUT2D eigenvalue weighted by atomic mass is 9.99. The van der Waals surface area contributed by atoms with E-state index in [1.54, 1.807) is 0 Å². The van der Waals surface area contributed by atoms with Crippen molar-refractivity contribution in [3.05, 3.63) is 0 Å². The van der Waals surface area contributed by atoms with Crippen molar-refractivity contribution in [2.75, 3.05) is 45.9 Å². The maximum atomic E-state index is 5.34. The number of hydrogen-bond acceptors (Lipinski definition) is 3. The Morgan fingerprint density at radius 1 is 1.24 bits per heavy atom. The van der Waals surface area contributed by atoms with E-state index in [9.17, 15) is 0 Å². The zero-order valence-corrected chi connectivity index (χ0v) is 11.7. The number of rotatable bonds is 9. The second-order valence-electron chi connectivity index (χ2n) is 5.07. The van der Waals surface area contributed by atoms with Gasteiger partial charge in [-0.3, -0.25) is 4.90 Å². The molecule has 0 aromatic rings. The van der Waals surface area contributed by atoms with Gasteiger partial charge in [-0.1, -0.05) is 33.1 Å². The van der Waals surface area contributed by atoms with E-state index in [1.807, 2.05) is 0 Å². The molecule has 0 aromatic heterocycles. The number of morpholine rings is 1. The predicted octanol–water partition coefficient (Wildman–Crippen LogP) is 2.12. The molecule has 1 rings (SSSR count). The molecule has 0 amide bonds. The van der Waals surface area contributed by atoms with Gasteiger partial charge < -0.3 is 10.1 Å². The van der Waals surface area contributed by atoms with Crippen LogP contribution in [0, 0.1) is 5.92 Å². The zero-order valence-electron chi connectivity index (χ0n) is 11.7. The highest BCUT2D eigenvalue weighted by atomic mass is 16.5. The molecule has 1 aliphatic rings. The molecule has 0 bridgehead atoms. The first-order valence-corrected chi connectivity index (χ1v) is 7.37. The van der Waals surface area contributed by atoms with Crippen molar-refractivity contribution in [1.82, 2.24) is 10.2 Å². The average molecular weight is 242 g/mol. The summed E-state index contributed by atoms with van der Waals surface area (Å²) >= 11 is 0. The monoisotopic (exact) mass is 242 g/mol. The zero-order chi connectivity index (χ0) is 12.3. The molecule has 0 aliphatic carbocycles. The lowest BCUT2D eigenvalue weighted by molar-refractivity contribution is 0.0383. The van der Waals surface area contributed by atoms with Crippen LogP contribution in [-0.2, 0) is 4.74 Å². The molecule has 1 fully saturated rings. The highest BCUT2D eigenvalue weighted by Gasteiger charge is 2.10. The van der Waals surface area contributed by atoms with Crippen LogP contribution in [0.5, 0.6) is 0 Å². The SMILES string of the molecule is CCCCC(CC)CNCCN1CCOCC1. The Kier molecular flexibility index (Phi) is 8.67. The van der Waals surface area contributed by atoms with Crippen LogP contribution in [0.1, 0.15) is 39.5 Å². The van der Waals surface area contributed by atoms with Crippen molar-refractivity contribution >= 4 is 0 Å². The maximum absolute atomic E-state index is 5.34. The number of nitrogens with zero attached hydrogens (tertiary/aromatic N) is 1. The summed E-state index contributed by atoms with van der Waals surface area (Å²) < 4.78 is 5.34. The van der Waals surface area contributed by atoms with E-state index in [4.69, 9.17) is 4.74 Å². The van der Waals surface area contributed by atoms with Crippen molar-refractivity contribution in [3.8, 4) is 0 Å². The third-order valence-corrected chi connectivity index (χ3v) is 3.68. The third-order valence-electron chi connectivity index (χ3n) is 3.68. The molecule has 1 N–H and O–H groups in total. The number of hydrogen-bond donors (Lipinski definition) is 1. The van der Waals surface area contributed by atoms with E-state index < -0.39 is 0 Å². The van der Waals surface area contributed by atoms with Gasteiger partial charge in [0.05, 0.1) is 13.2 Å². The Labute approximate surface area is 107 Å². The molecule has 0 spiro atoms. The highest BCUT2D eigenvalue weighted by molar-refractivity contribution is 4.65. The van der Waals surface area contributed by atoms with E-state index in [2.05, 4.69) is 24.1 Å². The Balaban J connectivity index is 1.97. The summed E-state index contributed by atoms with van der Waals surface area (Å²) in [6.45, 7) is 12.1. The molecule has 1 unspecified atom stereocenters. The first-order valence-electron chi connectivity index (χ1n) is 7.37. The standard InChI is InChI=1S/C14H30N2O/c1-3-5-6-14(4-2)13-15-7-8-16-9-11-17-12-10-16/h14-15H,3-13H2,1-2H3. The Hall–Kier alpha value is -0.120. The van der Waals surface area contributed by atoms with Crippen molar-refractivity contribution in [3.63, 3.8) is 0 Å². The Bertz CT molecular complexity index is 170. The minimum absolute atomic E-state index is 0.875. The molecule has 3 heteroatoms. The number of unbranched alkanes of at least 4 members (excludes halogenated alkanes) is 1. The van der Waals surface area contributed by atoms with E-state index in [1.165, 1.54) is 38.8 Å². The van der Waals surface area contributed by atoms with E-state index in [-0.39, 0.29) is 0 Å². The summed E-state index contributed by atoms with van der Waals surface area (Å²) in [7, 11) is 0. The molecule has 1 heterocycles. The van der Waals surface area contributed by atoms with Gasteiger partial charge in [0.25, 0.3) is 0 Å². The fraction of sp³-hybridized carbons (Fsp3) is 1.00. The summed E-state index contributed by atoms with van der Waals surface area (Å²) in [5, 5.41) is 3.61. The summed E-state index contributed by atoms with van der Waals surface area (Å²) in [6, 6.07) is 0. The van der Waals surface area contributed by atoms with Crippen LogP contribution in [0.4, 0.5) is 0 Å². The summed E-state index contributed by atoms with van der Waals surface area (Å²) in [6.07, 6.45) is 5.40. The van der Waals surface area contributed by atoms with Crippen LogP contribution >= 0.6 is 0 Å². The second kappa shape index (κ2) is 9.86. The molecule has 1 saturated heterocycles.